The van der Waals surface area contributed by atoms with Crippen LogP contribution >= 0.6 is 0 Å². The molecule has 4 rings (SSSR count). The number of hydrogen-bond donors (Lipinski definition) is 0. The van der Waals surface area contributed by atoms with E-state index in [9.17, 15) is 0 Å². The zero-order chi connectivity index (χ0) is 18.9. The molecule has 1 aliphatic rings. The van der Waals surface area contributed by atoms with E-state index in [0.717, 1.165) is 17.1 Å². The van der Waals surface area contributed by atoms with Crippen LogP contribution < -0.4 is 0 Å². The molecule has 0 aromatic carbocycles. The summed E-state index contributed by atoms with van der Waals surface area (Å²) in [4.78, 5) is 9.18. The van der Waals surface area contributed by atoms with Crippen molar-refractivity contribution >= 4 is 0 Å². The van der Waals surface area contributed by atoms with Crippen molar-refractivity contribution in [3.8, 4) is 22.9 Å². The second-order valence-corrected chi connectivity index (χ2v) is 7.70. The zero-order valence-corrected chi connectivity index (χ0v) is 16.0. The van der Waals surface area contributed by atoms with Crippen LogP contribution in [-0.4, -0.2) is 50.2 Å². The van der Waals surface area contributed by atoms with Crippen LogP contribution in [0, 0.1) is 0 Å². The van der Waals surface area contributed by atoms with Crippen molar-refractivity contribution in [1.82, 2.24) is 24.3 Å². The smallest absolute Gasteiger partial charge is 0.200 e. The molecule has 27 heavy (non-hydrogen) atoms. The maximum Gasteiger partial charge on any atom is 0.200 e. The fourth-order valence-electron chi connectivity index (χ4n) is 3.07. The molecule has 0 aliphatic carbocycles. The Hall–Kier alpha value is -2.51. The number of nitrogens with zero attached hydrogens (tertiary/aromatic N) is 5. The van der Waals surface area contributed by atoms with Gasteiger partial charge in [0.2, 0.25) is 0 Å². The highest BCUT2D eigenvalue weighted by Gasteiger charge is 2.22. The summed E-state index contributed by atoms with van der Waals surface area (Å²) in [7, 11) is 0. The van der Waals surface area contributed by atoms with Crippen molar-refractivity contribution in [3.05, 3.63) is 42.9 Å². The Labute approximate surface area is 159 Å². The Morgan fingerprint density at radius 3 is 2.74 bits per heavy atom. The van der Waals surface area contributed by atoms with Crippen LogP contribution in [0.2, 0.25) is 0 Å². The van der Waals surface area contributed by atoms with Gasteiger partial charge in [-0.2, -0.15) is 0 Å². The summed E-state index contributed by atoms with van der Waals surface area (Å²) < 4.78 is 15.4. The molecule has 1 saturated heterocycles. The molecular weight excluding hydrogens is 342 g/mol. The molecule has 0 saturated carbocycles. The Morgan fingerprint density at radius 1 is 1.19 bits per heavy atom. The van der Waals surface area contributed by atoms with Crippen LogP contribution in [0.3, 0.4) is 0 Å². The second kappa shape index (κ2) is 7.25. The van der Waals surface area contributed by atoms with Crippen LogP contribution in [0.1, 0.15) is 20.8 Å². The summed E-state index contributed by atoms with van der Waals surface area (Å²) in [6.07, 6.45) is 5.92. The molecule has 7 heteroatoms. The third-order valence-electron chi connectivity index (χ3n) is 4.55. The van der Waals surface area contributed by atoms with Gasteiger partial charge in [-0.3, -0.25) is 4.98 Å². The summed E-state index contributed by atoms with van der Waals surface area (Å²) in [5, 5.41) is 4.72. The summed E-state index contributed by atoms with van der Waals surface area (Å²) in [5.74, 6) is 1.43. The predicted octanol–water partition coefficient (Wildman–Crippen LogP) is 2.98. The minimum absolute atomic E-state index is 0.00718. The largest absolute Gasteiger partial charge is 0.376 e. The van der Waals surface area contributed by atoms with Crippen molar-refractivity contribution < 1.29 is 9.47 Å². The molecule has 1 fully saturated rings. The fourth-order valence-corrected chi connectivity index (χ4v) is 3.07. The van der Waals surface area contributed by atoms with Gasteiger partial charge in [-0.15, -0.1) is 5.10 Å². The van der Waals surface area contributed by atoms with Gasteiger partial charge in [0.25, 0.3) is 0 Å². The van der Waals surface area contributed by atoms with Crippen molar-refractivity contribution in [2.24, 2.45) is 0 Å². The molecule has 142 valence electrons. The van der Waals surface area contributed by atoms with Gasteiger partial charge in [-0.25, -0.2) is 9.67 Å². The molecule has 0 amide bonds. The quantitative estimate of drug-likeness (QED) is 0.709. The Bertz CT molecular complexity index is 889. The van der Waals surface area contributed by atoms with Crippen LogP contribution in [0.25, 0.3) is 22.9 Å². The van der Waals surface area contributed by atoms with Gasteiger partial charge < -0.3 is 14.0 Å². The maximum atomic E-state index is 5.81. The first-order valence-electron chi connectivity index (χ1n) is 9.25. The van der Waals surface area contributed by atoms with Gasteiger partial charge in [0.05, 0.1) is 26.4 Å². The Morgan fingerprint density at radius 2 is 2.07 bits per heavy atom. The van der Waals surface area contributed by atoms with E-state index in [1.54, 1.807) is 6.20 Å². The van der Waals surface area contributed by atoms with E-state index in [2.05, 4.69) is 48.8 Å². The van der Waals surface area contributed by atoms with E-state index in [1.807, 2.05) is 22.9 Å². The Balaban J connectivity index is 1.71. The summed E-state index contributed by atoms with van der Waals surface area (Å²) in [6.45, 7) is 8.95. The SMILES string of the molecule is CC(C)(C)n1ccc(-c2nc(-c3ccccn3)nn2CC2COCCO2)c1. The van der Waals surface area contributed by atoms with Crippen molar-refractivity contribution in [2.45, 2.75) is 39.0 Å². The van der Waals surface area contributed by atoms with Gasteiger partial charge in [-0.1, -0.05) is 6.07 Å². The van der Waals surface area contributed by atoms with Gasteiger partial charge >= 0.3 is 0 Å². The average Bonchev–Trinajstić information content (AvgIpc) is 3.30. The number of rotatable bonds is 4. The highest BCUT2D eigenvalue weighted by atomic mass is 16.6. The van der Waals surface area contributed by atoms with E-state index in [4.69, 9.17) is 19.6 Å². The summed E-state index contributed by atoms with van der Waals surface area (Å²) in [6, 6.07) is 7.82. The molecule has 0 radical (unpaired) electrons. The molecule has 1 atom stereocenters. The average molecular weight is 367 g/mol. The lowest BCUT2D eigenvalue weighted by Gasteiger charge is -2.23. The number of aromatic nitrogens is 5. The zero-order valence-electron chi connectivity index (χ0n) is 16.0. The van der Waals surface area contributed by atoms with E-state index in [0.29, 0.717) is 32.2 Å². The number of hydrogen-bond acceptors (Lipinski definition) is 5. The van der Waals surface area contributed by atoms with Gasteiger partial charge in [0, 0.05) is 29.7 Å². The summed E-state index contributed by atoms with van der Waals surface area (Å²) >= 11 is 0. The lowest BCUT2D eigenvalue weighted by Crippen LogP contribution is -2.32. The minimum atomic E-state index is -0.0273. The maximum absolute atomic E-state index is 5.81. The van der Waals surface area contributed by atoms with E-state index in [1.165, 1.54) is 0 Å². The predicted molar refractivity (Wildman–Crippen MR) is 102 cm³/mol. The molecule has 0 bridgehead atoms. The summed E-state index contributed by atoms with van der Waals surface area (Å²) in [5.41, 5.74) is 1.79. The highest BCUT2D eigenvalue weighted by molar-refractivity contribution is 5.59. The molecule has 7 nitrogen and oxygen atoms in total. The molecule has 1 aliphatic heterocycles. The topological polar surface area (TPSA) is 67.0 Å². The molecular formula is C20H25N5O2. The lowest BCUT2D eigenvalue weighted by molar-refractivity contribution is -0.0944. The standard InChI is InChI=1S/C20H25N5O2/c1-20(2,3)24-9-7-15(12-24)19-22-18(17-6-4-5-8-21-17)23-25(19)13-16-14-26-10-11-27-16/h4-9,12,16H,10-11,13-14H2,1-3H3. The molecule has 0 spiro atoms. The first-order chi connectivity index (χ1) is 13.0. The first kappa shape index (κ1) is 17.9. The van der Waals surface area contributed by atoms with E-state index < -0.39 is 0 Å². The van der Waals surface area contributed by atoms with Crippen molar-refractivity contribution in [1.29, 1.82) is 0 Å². The first-order valence-corrected chi connectivity index (χ1v) is 9.25. The molecule has 1 unspecified atom stereocenters. The third-order valence-corrected chi connectivity index (χ3v) is 4.55. The fraction of sp³-hybridized carbons (Fsp3) is 0.450. The van der Waals surface area contributed by atoms with Gasteiger partial charge in [0.1, 0.15) is 11.8 Å². The second-order valence-electron chi connectivity index (χ2n) is 7.70. The lowest BCUT2D eigenvalue weighted by atomic mass is 10.1. The molecule has 3 aromatic heterocycles. The highest BCUT2D eigenvalue weighted by Crippen LogP contribution is 2.25. The van der Waals surface area contributed by atoms with Gasteiger partial charge in [0.15, 0.2) is 11.6 Å². The third kappa shape index (κ3) is 3.94. The van der Waals surface area contributed by atoms with Crippen LogP contribution in [0.15, 0.2) is 42.9 Å². The molecule has 3 aromatic rings. The Kier molecular flexibility index (Phi) is 4.80. The minimum Gasteiger partial charge on any atom is -0.376 e. The molecule has 0 N–H and O–H groups in total. The van der Waals surface area contributed by atoms with Gasteiger partial charge in [-0.05, 0) is 39.0 Å². The molecule has 4 heterocycles. The van der Waals surface area contributed by atoms with E-state index in [-0.39, 0.29) is 11.6 Å². The monoisotopic (exact) mass is 367 g/mol. The normalized spacial score (nSPS) is 18.0. The van der Waals surface area contributed by atoms with Crippen molar-refractivity contribution in [2.75, 3.05) is 19.8 Å². The van der Waals surface area contributed by atoms with Crippen LogP contribution in [0.5, 0.6) is 0 Å². The van der Waals surface area contributed by atoms with Crippen LogP contribution in [-0.2, 0) is 21.6 Å². The van der Waals surface area contributed by atoms with E-state index >= 15 is 0 Å². The number of pyridine rings is 1. The van der Waals surface area contributed by atoms with Crippen LogP contribution in [0.4, 0.5) is 0 Å². The van der Waals surface area contributed by atoms with Crippen molar-refractivity contribution in [3.63, 3.8) is 0 Å². The number of ether oxygens (including phenoxy) is 2.